The molecule has 0 aliphatic rings. The van der Waals surface area contributed by atoms with E-state index in [0.717, 1.165) is 31.5 Å². The van der Waals surface area contributed by atoms with Gasteiger partial charge in [-0.15, -0.1) is 11.6 Å². The van der Waals surface area contributed by atoms with Crippen LogP contribution in [0.1, 0.15) is 67.5 Å². The van der Waals surface area contributed by atoms with Crippen molar-refractivity contribution >= 4 is 11.6 Å². The topological polar surface area (TPSA) is 25.8 Å². The molecule has 0 N–H and O–H groups in total. The molecule has 0 fully saturated rings. The fourth-order valence-corrected chi connectivity index (χ4v) is 3.99. The van der Waals surface area contributed by atoms with E-state index in [4.69, 9.17) is 11.6 Å². The second-order valence-corrected chi connectivity index (χ2v) is 8.33. The van der Waals surface area contributed by atoms with E-state index in [1.165, 1.54) is 36.0 Å². The van der Waals surface area contributed by atoms with Gasteiger partial charge in [0, 0.05) is 30.1 Å². The summed E-state index contributed by atoms with van der Waals surface area (Å²) in [6.07, 6.45) is 11.3. The minimum absolute atomic E-state index is 0.102. The van der Waals surface area contributed by atoms with Crippen molar-refractivity contribution in [3.8, 4) is 0 Å². The van der Waals surface area contributed by atoms with Crippen LogP contribution in [0.5, 0.6) is 0 Å². The monoisotopic (exact) mass is 406 g/mol. The Balaban J connectivity index is 1.57. The van der Waals surface area contributed by atoms with Crippen LogP contribution in [0.3, 0.4) is 0 Å². The molecule has 152 valence electrons. The van der Waals surface area contributed by atoms with Gasteiger partial charge in [-0.25, -0.2) is 9.97 Å². The molecule has 3 rings (SSSR count). The lowest BCUT2D eigenvalue weighted by Crippen LogP contribution is -2.10. The largest absolute Gasteiger partial charge is 0.241 e. The molecule has 0 saturated heterocycles. The maximum atomic E-state index is 6.80. The van der Waals surface area contributed by atoms with Crippen molar-refractivity contribution in [1.29, 1.82) is 0 Å². The lowest BCUT2D eigenvalue weighted by Gasteiger charge is -2.21. The maximum Gasteiger partial charge on any atom is 0.128 e. The molecule has 2 nitrogen and oxygen atoms in total. The van der Waals surface area contributed by atoms with Crippen molar-refractivity contribution in [2.24, 2.45) is 0 Å². The molecule has 1 aromatic heterocycles. The molecule has 0 bridgehead atoms. The first kappa shape index (κ1) is 21.5. The van der Waals surface area contributed by atoms with Crippen molar-refractivity contribution in [1.82, 2.24) is 9.97 Å². The molecule has 1 unspecified atom stereocenters. The van der Waals surface area contributed by atoms with E-state index in [2.05, 4.69) is 77.6 Å². The van der Waals surface area contributed by atoms with Gasteiger partial charge in [0.05, 0.1) is 0 Å². The summed E-state index contributed by atoms with van der Waals surface area (Å²) in [7, 11) is 0. The molecule has 0 saturated carbocycles. The predicted molar refractivity (Wildman–Crippen MR) is 123 cm³/mol. The standard InChI is InChI=1S/C26H31ClN2/c1-2-3-6-15-26-28-19-21(20-29-26)16-17-24(27)18-25(22-11-7-4-8-12-22)23-13-9-5-10-14-23/h4-5,7-14,19-20,24-25H,2-3,6,15-18H2,1H3. The van der Waals surface area contributed by atoms with E-state index in [9.17, 15) is 0 Å². The molecular formula is C26H31ClN2. The van der Waals surface area contributed by atoms with Crippen LogP contribution in [0.2, 0.25) is 0 Å². The average Bonchev–Trinajstić information content (AvgIpc) is 2.78. The summed E-state index contributed by atoms with van der Waals surface area (Å²) >= 11 is 6.80. The first-order valence-corrected chi connectivity index (χ1v) is 11.2. The van der Waals surface area contributed by atoms with Crippen LogP contribution in [0.4, 0.5) is 0 Å². The number of rotatable bonds is 11. The minimum Gasteiger partial charge on any atom is -0.241 e. The minimum atomic E-state index is 0.102. The van der Waals surface area contributed by atoms with Crippen LogP contribution in [0.15, 0.2) is 73.1 Å². The summed E-state index contributed by atoms with van der Waals surface area (Å²) in [6.45, 7) is 2.21. The van der Waals surface area contributed by atoms with Gasteiger partial charge in [0.2, 0.25) is 0 Å². The number of nitrogens with zero attached hydrogens (tertiary/aromatic N) is 2. The van der Waals surface area contributed by atoms with Crippen molar-refractivity contribution in [3.05, 3.63) is 95.6 Å². The zero-order chi connectivity index (χ0) is 20.3. The molecule has 3 heteroatoms. The smallest absolute Gasteiger partial charge is 0.128 e. The van der Waals surface area contributed by atoms with Crippen LogP contribution in [-0.2, 0) is 12.8 Å². The maximum absolute atomic E-state index is 6.80. The molecule has 0 radical (unpaired) electrons. The third kappa shape index (κ3) is 6.97. The van der Waals surface area contributed by atoms with E-state index < -0.39 is 0 Å². The SMILES string of the molecule is CCCCCc1ncc(CCC(Cl)CC(c2ccccc2)c2ccccc2)cn1. The molecular weight excluding hydrogens is 376 g/mol. The number of aryl methyl sites for hydroxylation is 2. The van der Waals surface area contributed by atoms with Gasteiger partial charge in [0.1, 0.15) is 5.82 Å². The highest BCUT2D eigenvalue weighted by atomic mass is 35.5. The first-order chi connectivity index (χ1) is 14.3. The van der Waals surface area contributed by atoms with Crippen molar-refractivity contribution < 1.29 is 0 Å². The molecule has 1 heterocycles. The summed E-state index contributed by atoms with van der Waals surface area (Å²) in [5.74, 6) is 1.27. The molecule has 0 aliphatic heterocycles. The Hall–Kier alpha value is -2.19. The van der Waals surface area contributed by atoms with Gasteiger partial charge in [0.25, 0.3) is 0 Å². The molecule has 1 atom stereocenters. The van der Waals surface area contributed by atoms with Gasteiger partial charge in [-0.2, -0.15) is 0 Å². The second kappa shape index (κ2) is 11.7. The number of hydrogen-bond acceptors (Lipinski definition) is 2. The highest BCUT2D eigenvalue weighted by molar-refractivity contribution is 6.20. The summed E-state index contributed by atoms with van der Waals surface area (Å²) < 4.78 is 0. The van der Waals surface area contributed by atoms with Gasteiger partial charge in [-0.05, 0) is 42.4 Å². The lowest BCUT2D eigenvalue weighted by molar-refractivity contribution is 0.631. The zero-order valence-corrected chi connectivity index (χ0v) is 18.1. The van der Waals surface area contributed by atoms with Crippen LogP contribution in [0.25, 0.3) is 0 Å². The van der Waals surface area contributed by atoms with Crippen molar-refractivity contribution in [3.63, 3.8) is 0 Å². The van der Waals surface area contributed by atoms with Gasteiger partial charge in [0.15, 0.2) is 0 Å². The Morgan fingerprint density at radius 1 is 0.793 bits per heavy atom. The number of benzene rings is 2. The zero-order valence-electron chi connectivity index (χ0n) is 17.3. The van der Waals surface area contributed by atoms with Gasteiger partial charge >= 0.3 is 0 Å². The highest BCUT2D eigenvalue weighted by Gasteiger charge is 2.18. The highest BCUT2D eigenvalue weighted by Crippen LogP contribution is 2.31. The quantitative estimate of drug-likeness (QED) is 0.254. The predicted octanol–water partition coefficient (Wildman–Crippen LogP) is 6.97. The number of aromatic nitrogens is 2. The van der Waals surface area contributed by atoms with E-state index in [1.54, 1.807) is 0 Å². The molecule has 0 spiro atoms. The molecule has 29 heavy (non-hydrogen) atoms. The van der Waals surface area contributed by atoms with Crippen LogP contribution in [-0.4, -0.2) is 15.3 Å². The fraction of sp³-hybridized carbons (Fsp3) is 0.385. The number of alkyl halides is 1. The Morgan fingerprint density at radius 3 is 1.93 bits per heavy atom. The molecule has 2 aromatic carbocycles. The number of unbranched alkanes of at least 4 members (excludes halogenated alkanes) is 2. The molecule has 0 amide bonds. The van der Waals surface area contributed by atoms with Gasteiger partial charge in [-0.1, -0.05) is 80.4 Å². The Bertz CT molecular complexity index is 779. The third-order valence-electron chi connectivity index (χ3n) is 5.40. The van der Waals surface area contributed by atoms with E-state index >= 15 is 0 Å². The Labute approximate surface area is 180 Å². The second-order valence-electron chi connectivity index (χ2n) is 7.71. The summed E-state index contributed by atoms with van der Waals surface area (Å²) in [6, 6.07) is 21.4. The van der Waals surface area contributed by atoms with Gasteiger partial charge in [-0.3, -0.25) is 0 Å². The number of halogens is 1. The van der Waals surface area contributed by atoms with Crippen LogP contribution < -0.4 is 0 Å². The number of hydrogen-bond donors (Lipinski definition) is 0. The summed E-state index contributed by atoms with van der Waals surface area (Å²) in [4.78, 5) is 9.06. The van der Waals surface area contributed by atoms with Crippen LogP contribution in [0, 0.1) is 0 Å². The normalized spacial score (nSPS) is 12.2. The molecule has 3 aromatic rings. The van der Waals surface area contributed by atoms with E-state index in [-0.39, 0.29) is 5.38 Å². The fourth-order valence-electron chi connectivity index (χ4n) is 3.71. The average molecular weight is 407 g/mol. The lowest BCUT2D eigenvalue weighted by atomic mass is 9.86. The summed E-state index contributed by atoms with van der Waals surface area (Å²) in [5, 5.41) is 0.102. The van der Waals surface area contributed by atoms with E-state index in [0.29, 0.717) is 5.92 Å². The van der Waals surface area contributed by atoms with Crippen molar-refractivity contribution in [2.45, 2.75) is 63.2 Å². The summed E-state index contributed by atoms with van der Waals surface area (Å²) in [5.41, 5.74) is 3.82. The third-order valence-corrected chi connectivity index (χ3v) is 5.80. The Kier molecular flexibility index (Phi) is 8.70. The first-order valence-electron chi connectivity index (χ1n) is 10.8. The molecule has 0 aliphatic carbocycles. The van der Waals surface area contributed by atoms with Crippen molar-refractivity contribution in [2.75, 3.05) is 0 Å². The van der Waals surface area contributed by atoms with Gasteiger partial charge < -0.3 is 0 Å². The van der Waals surface area contributed by atoms with Crippen LogP contribution >= 0.6 is 11.6 Å². The Morgan fingerprint density at radius 2 is 1.38 bits per heavy atom. The van der Waals surface area contributed by atoms with E-state index in [1.807, 2.05) is 12.4 Å².